The van der Waals surface area contributed by atoms with Gasteiger partial charge in [-0.05, 0) is 53.2 Å². The number of H-pyrrole nitrogens is 1. The van der Waals surface area contributed by atoms with Crippen LogP contribution in [0.3, 0.4) is 0 Å². The van der Waals surface area contributed by atoms with Crippen LogP contribution in [0.15, 0.2) is 6.07 Å². The zero-order valence-corrected chi connectivity index (χ0v) is 17.6. The van der Waals surface area contributed by atoms with Gasteiger partial charge in [-0.25, -0.2) is 9.78 Å². The number of fused-ring (bicyclic) bond motifs is 1. The van der Waals surface area contributed by atoms with Crippen LogP contribution in [0.1, 0.15) is 67.7 Å². The van der Waals surface area contributed by atoms with Crippen LogP contribution in [0.25, 0.3) is 11.0 Å². The van der Waals surface area contributed by atoms with Crippen LogP contribution in [0, 0.1) is 27.7 Å². The van der Waals surface area contributed by atoms with Crippen molar-refractivity contribution in [3.63, 3.8) is 0 Å². The molecule has 1 unspecified atom stereocenters. The van der Waals surface area contributed by atoms with Crippen molar-refractivity contribution >= 4 is 28.6 Å². The van der Waals surface area contributed by atoms with Gasteiger partial charge in [-0.15, -0.1) is 0 Å². The molecule has 0 fully saturated rings. The molecule has 0 radical (unpaired) electrons. The predicted molar refractivity (Wildman–Crippen MR) is 107 cm³/mol. The molecule has 0 aromatic carbocycles. The van der Waals surface area contributed by atoms with E-state index in [0.29, 0.717) is 28.2 Å². The van der Waals surface area contributed by atoms with Crippen molar-refractivity contribution in [2.75, 3.05) is 0 Å². The molecule has 0 amide bonds. The highest BCUT2D eigenvalue weighted by Gasteiger charge is 2.27. The van der Waals surface area contributed by atoms with Crippen molar-refractivity contribution in [3.8, 4) is 0 Å². The van der Waals surface area contributed by atoms with Gasteiger partial charge in [-0.2, -0.15) is 5.10 Å². The van der Waals surface area contributed by atoms with E-state index in [4.69, 9.17) is 4.74 Å². The number of aromatic amines is 1. The Morgan fingerprint density at radius 1 is 1.14 bits per heavy atom. The van der Waals surface area contributed by atoms with Crippen molar-refractivity contribution < 1.29 is 19.1 Å². The fourth-order valence-electron chi connectivity index (χ4n) is 3.64. The van der Waals surface area contributed by atoms with E-state index in [1.807, 2.05) is 6.92 Å². The highest BCUT2D eigenvalue weighted by atomic mass is 16.5. The topological polar surface area (TPSA) is 107 Å². The molecular formula is C21H24N4O4. The molecule has 0 saturated heterocycles. The van der Waals surface area contributed by atoms with E-state index in [-0.39, 0.29) is 17.0 Å². The number of hydrogen-bond donors (Lipinski definition) is 1. The lowest BCUT2D eigenvalue weighted by atomic mass is 10.0. The Kier molecular flexibility index (Phi) is 5.13. The van der Waals surface area contributed by atoms with E-state index in [1.165, 1.54) is 13.8 Å². The summed E-state index contributed by atoms with van der Waals surface area (Å²) in [5.41, 5.74) is 4.17. The quantitative estimate of drug-likeness (QED) is 0.524. The summed E-state index contributed by atoms with van der Waals surface area (Å²) in [6, 6.07) is 1.69. The summed E-state index contributed by atoms with van der Waals surface area (Å²) in [6.07, 6.45) is -1.02. The number of ketones is 2. The Hall–Kier alpha value is -3.29. The molecular weight excluding hydrogens is 372 g/mol. The third-order valence-corrected chi connectivity index (χ3v) is 5.10. The number of aromatic nitrogens is 4. The average molecular weight is 396 g/mol. The van der Waals surface area contributed by atoms with Crippen LogP contribution in [0.2, 0.25) is 0 Å². The smallest absolute Gasteiger partial charge is 0.340 e. The maximum absolute atomic E-state index is 12.8. The van der Waals surface area contributed by atoms with Gasteiger partial charge in [0.05, 0.1) is 22.6 Å². The van der Waals surface area contributed by atoms with Gasteiger partial charge in [0.25, 0.3) is 0 Å². The monoisotopic (exact) mass is 396 g/mol. The second-order valence-corrected chi connectivity index (χ2v) is 7.29. The van der Waals surface area contributed by atoms with Crippen LogP contribution < -0.4 is 0 Å². The number of ether oxygens (including phenoxy) is 1. The fraction of sp³-hybridized carbons (Fsp3) is 0.381. The summed E-state index contributed by atoms with van der Waals surface area (Å²) in [4.78, 5) is 44.8. The zero-order valence-electron chi connectivity index (χ0n) is 17.6. The number of hydrogen-bond acceptors (Lipinski definition) is 6. The van der Waals surface area contributed by atoms with Gasteiger partial charge in [0.1, 0.15) is 0 Å². The number of pyridine rings is 1. The Morgan fingerprint density at radius 3 is 2.38 bits per heavy atom. The van der Waals surface area contributed by atoms with Gasteiger partial charge in [0.15, 0.2) is 17.5 Å². The first-order chi connectivity index (χ1) is 13.5. The summed E-state index contributed by atoms with van der Waals surface area (Å²) in [5, 5.41) is 5.07. The number of aryl methyl sites for hydroxylation is 4. The molecule has 1 N–H and O–H groups in total. The number of esters is 1. The van der Waals surface area contributed by atoms with Crippen molar-refractivity contribution in [1.29, 1.82) is 0 Å². The van der Waals surface area contributed by atoms with Gasteiger partial charge in [0.2, 0.25) is 5.78 Å². The minimum Gasteiger partial charge on any atom is -0.451 e. The van der Waals surface area contributed by atoms with Gasteiger partial charge in [-0.3, -0.25) is 14.3 Å². The minimum atomic E-state index is -1.02. The Bertz CT molecular complexity index is 1170. The standard InChI is InChI=1S/C21H24N4O4/c1-9-17(13(5)26)12(4)22-18(9)19(27)14(6)29-21(28)16-8-15-11(3)24-25(7)20(15)23-10(16)2/h8,14,22H,1-7H3. The molecule has 152 valence electrons. The Labute approximate surface area is 168 Å². The molecule has 0 bridgehead atoms. The van der Waals surface area contributed by atoms with Crippen LogP contribution in [0.4, 0.5) is 0 Å². The molecule has 0 aliphatic heterocycles. The molecule has 0 saturated carbocycles. The predicted octanol–water partition coefficient (Wildman–Crippen LogP) is 3.16. The second kappa shape index (κ2) is 7.27. The van der Waals surface area contributed by atoms with Gasteiger partial charge in [-0.1, -0.05) is 0 Å². The normalized spacial score (nSPS) is 12.2. The summed E-state index contributed by atoms with van der Waals surface area (Å²) < 4.78 is 7.09. The number of rotatable bonds is 5. The molecule has 3 aromatic heterocycles. The number of nitrogens with one attached hydrogen (secondary N) is 1. The first-order valence-corrected chi connectivity index (χ1v) is 9.29. The highest BCUT2D eigenvalue weighted by molar-refractivity contribution is 6.06. The molecule has 0 spiro atoms. The Morgan fingerprint density at radius 2 is 1.79 bits per heavy atom. The SMILES string of the molecule is CC(=O)c1c(C)[nH]c(C(=O)C(C)OC(=O)c2cc3c(C)nn(C)c3nc2C)c1C. The van der Waals surface area contributed by atoms with E-state index >= 15 is 0 Å². The van der Waals surface area contributed by atoms with Gasteiger partial charge in [0, 0.05) is 23.7 Å². The van der Waals surface area contributed by atoms with Gasteiger partial charge < -0.3 is 9.72 Å². The van der Waals surface area contributed by atoms with E-state index in [2.05, 4.69) is 15.1 Å². The third kappa shape index (κ3) is 3.46. The largest absolute Gasteiger partial charge is 0.451 e. The van der Waals surface area contributed by atoms with Crippen LogP contribution in [-0.4, -0.2) is 43.4 Å². The minimum absolute atomic E-state index is 0.123. The number of carbonyl (C=O) groups excluding carboxylic acids is 3. The van der Waals surface area contributed by atoms with Crippen molar-refractivity contribution in [2.45, 2.75) is 47.6 Å². The maximum Gasteiger partial charge on any atom is 0.340 e. The average Bonchev–Trinajstić information content (AvgIpc) is 3.08. The first kappa shape index (κ1) is 20.4. The van der Waals surface area contributed by atoms with E-state index < -0.39 is 17.9 Å². The van der Waals surface area contributed by atoms with Crippen molar-refractivity contribution in [3.05, 3.63) is 45.5 Å². The first-order valence-electron chi connectivity index (χ1n) is 9.29. The second-order valence-electron chi connectivity index (χ2n) is 7.29. The Balaban J connectivity index is 1.88. The molecule has 3 aromatic rings. The molecule has 8 nitrogen and oxygen atoms in total. The van der Waals surface area contributed by atoms with Crippen molar-refractivity contribution in [1.82, 2.24) is 19.7 Å². The maximum atomic E-state index is 12.8. The summed E-state index contributed by atoms with van der Waals surface area (Å²) in [5.74, 6) is -1.15. The van der Waals surface area contributed by atoms with Crippen LogP contribution in [0.5, 0.6) is 0 Å². The lowest BCUT2D eigenvalue weighted by molar-refractivity contribution is 0.0316. The van der Waals surface area contributed by atoms with E-state index in [9.17, 15) is 14.4 Å². The molecule has 0 aliphatic rings. The van der Waals surface area contributed by atoms with Crippen LogP contribution in [-0.2, 0) is 11.8 Å². The van der Waals surface area contributed by atoms with Crippen LogP contribution >= 0.6 is 0 Å². The summed E-state index contributed by atoms with van der Waals surface area (Å²) in [7, 11) is 1.79. The lowest BCUT2D eigenvalue weighted by Gasteiger charge is -2.13. The highest BCUT2D eigenvalue weighted by Crippen LogP contribution is 2.23. The number of carbonyl (C=O) groups is 3. The number of nitrogens with zero attached hydrogens (tertiary/aromatic N) is 3. The van der Waals surface area contributed by atoms with E-state index in [1.54, 1.807) is 38.6 Å². The molecule has 3 heterocycles. The summed E-state index contributed by atoms with van der Waals surface area (Å²) in [6.45, 7) is 9.95. The molecule has 8 heteroatoms. The molecule has 3 rings (SSSR count). The zero-order chi connectivity index (χ0) is 21.6. The fourth-order valence-corrected chi connectivity index (χ4v) is 3.64. The van der Waals surface area contributed by atoms with E-state index in [0.717, 1.165) is 11.1 Å². The number of Topliss-reactive ketones (excluding diaryl/α,β-unsaturated/α-hetero) is 2. The van der Waals surface area contributed by atoms with Crippen molar-refractivity contribution in [2.24, 2.45) is 7.05 Å². The molecule has 29 heavy (non-hydrogen) atoms. The lowest BCUT2D eigenvalue weighted by Crippen LogP contribution is -2.26. The molecule has 0 aliphatic carbocycles. The van der Waals surface area contributed by atoms with Gasteiger partial charge >= 0.3 is 5.97 Å². The summed E-state index contributed by atoms with van der Waals surface area (Å²) >= 11 is 0. The molecule has 1 atom stereocenters. The third-order valence-electron chi connectivity index (χ3n) is 5.10.